The van der Waals surface area contributed by atoms with Gasteiger partial charge in [0.05, 0.1) is 12.7 Å². The molecule has 5 heteroatoms. The monoisotopic (exact) mass is 604 g/mol. The minimum absolute atomic E-state index is 0.0185. The molecule has 0 heterocycles. The van der Waals surface area contributed by atoms with Crippen LogP contribution in [0.2, 0.25) is 0 Å². The molecule has 0 bridgehead atoms. The minimum Gasteiger partial charge on any atom is -0.504 e. The van der Waals surface area contributed by atoms with Gasteiger partial charge in [0.1, 0.15) is 0 Å². The predicted molar refractivity (Wildman–Crippen MR) is 175 cm³/mol. The summed E-state index contributed by atoms with van der Waals surface area (Å²) in [6.45, 7) is 19.7. The molecule has 44 heavy (non-hydrogen) atoms. The van der Waals surface area contributed by atoms with Crippen LogP contribution < -0.4 is 0 Å². The van der Waals surface area contributed by atoms with Gasteiger partial charge < -0.3 is 20.1 Å². The van der Waals surface area contributed by atoms with E-state index in [1.807, 2.05) is 0 Å². The van der Waals surface area contributed by atoms with E-state index in [9.17, 15) is 20.1 Å². The maximum Gasteiger partial charge on any atom is 0.330 e. The molecule has 0 aliphatic heterocycles. The standard InChI is InChI=1S/C39H56O5/c1-24(2)26-14-19-39(23-44-33(43)13-9-25-8-11-28(40)29(41)22-25)21-20-37(6)27(34(26)39)10-12-31-36(5)17-16-32(42)35(3,4)30(36)15-18-38(31,37)7/h8-9,11,13,22,26-27,30-32,34,40-42H,1,10,12,14-21,23H2,2-7H3/b13-9+/t26-,27?,30?,31?,32-,34?,36-,37+,38+,39+/m0/s1. The van der Waals surface area contributed by atoms with Crippen molar-refractivity contribution in [3.63, 3.8) is 0 Å². The number of aromatic hydroxyl groups is 2. The van der Waals surface area contributed by atoms with Crippen LogP contribution in [0.25, 0.3) is 6.08 Å². The number of ether oxygens (including phenoxy) is 1. The van der Waals surface area contributed by atoms with Gasteiger partial charge in [-0.25, -0.2) is 4.79 Å². The molecule has 5 nitrogen and oxygen atoms in total. The summed E-state index contributed by atoms with van der Waals surface area (Å²) >= 11 is 0. The van der Waals surface area contributed by atoms with E-state index in [0.29, 0.717) is 41.8 Å². The van der Waals surface area contributed by atoms with E-state index in [2.05, 4.69) is 48.1 Å². The molecular formula is C39H56O5. The van der Waals surface area contributed by atoms with E-state index in [4.69, 9.17) is 4.74 Å². The van der Waals surface area contributed by atoms with E-state index in [1.165, 1.54) is 55.9 Å². The van der Waals surface area contributed by atoms with Crippen LogP contribution in [0.1, 0.15) is 111 Å². The number of rotatable bonds is 5. The maximum absolute atomic E-state index is 13.0. The van der Waals surface area contributed by atoms with Gasteiger partial charge in [-0.2, -0.15) is 0 Å². The van der Waals surface area contributed by atoms with Crippen molar-refractivity contribution in [3.8, 4) is 11.5 Å². The number of aliphatic hydroxyl groups excluding tert-OH is 1. The highest BCUT2D eigenvalue weighted by Crippen LogP contribution is 2.77. The summed E-state index contributed by atoms with van der Waals surface area (Å²) in [5.41, 5.74) is 2.60. The molecule has 6 rings (SSSR count). The van der Waals surface area contributed by atoms with Crippen LogP contribution in [0.4, 0.5) is 0 Å². The molecule has 0 spiro atoms. The number of allylic oxidation sites excluding steroid dienone is 1. The second kappa shape index (κ2) is 10.6. The average molecular weight is 605 g/mol. The fraction of sp³-hybridized carbons (Fsp3) is 0.718. The molecule has 0 amide bonds. The number of aliphatic hydroxyl groups is 1. The molecule has 1 aromatic carbocycles. The van der Waals surface area contributed by atoms with Crippen LogP contribution in [0.3, 0.4) is 0 Å². The van der Waals surface area contributed by atoms with Crippen molar-refractivity contribution in [2.24, 2.45) is 56.7 Å². The minimum atomic E-state index is -0.359. The summed E-state index contributed by atoms with van der Waals surface area (Å²) in [5.74, 6) is 2.00. The van der Waals surface area contributed by atoms with E-state index in [0.717, 1.165) is 32.1 Å². The molecule has 10 atom stereocenters. The van der Waals surface area contributed by atoms with Crippen molar-refractivity contribution in [3.05, 3.63) is 42.0 Å². The Hall–Kier alpha value is -2.27. The quantitative estimate of drug-likeness (QED) is 0.135. The Bertz CT molecular complexity index is 1350. The second-order valence-corrected chi connectivity index (χ2v) is 17.1. The highest BCUT2D eigenvalue weighted by molar-refractivity contribution is 5.87. The molecule has 5 fully saturated rings. The van der Waals surface area contributed by atoms with Gasteiger partial charge in [-0.15, -0.1) is 0 Å². The van der Waals surface area contributed by atoms with Gasteiger partial charge >= 0.3 is 5.97 Å². The SMILES string of the molecule is C=C(C)[C@@H]1CC[C@]2(COC(=O)/C=C/c3ccc(O)c(O)c3)CC[C@]3(C)C(CCC4[C@@]5(C)CC[C@H](O)C(C)(C)C5CC[C@]43C)C12. The van der Waals surface area contributed by atoms with E-state index in [1.54, 1.807) is 12.1 Å². The highest BCUT2D eigenvalue weighted by atomic mass is 16.5. The maximum atomic E-state index is 13.0. The van der Waals surface area contributed by atoms with Crippen LogP contribution in [0, 0.1) is 56.7 Å². The van der Waals surface area contributed by atoms with Crippen molar-refractivity contribution in [1.29, 1.82) is 0 Å². The van der Waals surface area contributed by atoms with Crippen molar-refractivity contribution in [2.45, 2.75) is 112 Å². The Labute approximate surface area is 265 Å². The Kier molecular flexibility index (Phi) is 7.67. The fourth-order valence-corrected chi connectivity index (χ4v) is 12.6. The number of esters is 1. The molecule has 3 N–H and O–H groups in total. The molecule has 0 radical (unpaired) electrons. The third-order valence-corrected chi connectivity index (χ3v) is 15.1. The topological polar surface area (TPSA) is 87.0 Å². The van der Waals surface area contributed by atoms with Gasteiger partial charge in [0.25, 0.3) is 0 Å². The number of phenols is 2. The number of hydrogen-bond donors (Lipinski definition) is 3. The Morgan fingerprint density at radius 2 is 1.66 bits per heavy atom. The van der Waals surface area contributed by atoms with Crippen molar-refractivity contribution in [1.82, 2.24) is 0 Å². The first-order valence-electron chi connectivity index (χ1n) is 17.3. The molecule has 5 saturated carbocycles. The van der Waals surface area contributed by atoms with Gasteiger partial charge in [-0.05, 0) is 146 Å². The summed E-state index contributed by atoms with van der Waals surface area (Å²) in [5, 5.41) is 30.4. The summed E-state index contributed by atoms with van der Waals surface area (Å²) in [4.78, 5) is 13.0. The summed E-state index contributed by atoms with van der Waals surface area (Å²) in [6, 6.07) is 4.51. The molecule has 5 aliphatic carbocycles. The highest BCUT2D eigenvalue weighted by Gasteiger charge is 2.71. The number of hydrogen-bond acceptors (Lipinski definition) is 5. The third kappa shape index (κ3) is 4.53. The molecule has 1 aromatic rings. The number of carbonyl (C=O) groups is 1. The number of carbonyl (C=O) groups excluding carboxylic acids is 1. The lowest BCUT2D eigenvalue weighted by atomic mass is 9.32. The third-order valence-electron chi connectivity index (χ3n) is 15.1. The lowest BCUT2D eigenvalue weighted by Crippen LogP contribution is -2.66. The van der Waals surface area contributed by atoms with Crippen molar-refractivity contribution in [2.75, 3.05) is 6.61 Å². The van der Waals surface area contributed by atoms with E-state index < -0.39 is 0 Å². The lowest BCUT2D eigenvalue weighted by molar-refractivity contribution is -0.249. The first-order chi connectivity index (χ1) is 20.6. The molecular weight excluding hydrogens is 548 g/mol. The smallest absolute Gasteiger partial charge is 0.330 e. The summed E-state index contributed by atoms with van der Waals surface area (Å²) < 4.78 is 6.06. The molecule has 4 unspecified atom stereocenters. The number of fused-ring (bicyclic) bond motifs is 7. The van der Waals surface area contributed by atoms with Gasteiger partial charge in [-0.1, -0.05) is 52.8 Å². The van der Waals surface area contributed by atoms with Gasteiger partial charge in [0, 0.05) is 11.5 Å². The Morgan fingerprint density at radius 1 is 0.909 bits per heavy atom. The fourth-order valence-electron chi connectivity index (χ4n) is 12.6. The van der Waals surface area contributed by atoms with Crippen LogP contribution in [-0.2, 0) is 9.53 Å². The van der Waals surface area contributed by atoms with Gasteiger partial charge in [0.15, 0.2) is 11.5 Å². The first kappa shape index (κ1) is 31.7. The lowest BCUT2D eigenvalue weighted by Gasteiger charge is -2.73. The van der Waals surface area contributed by atoms with Crippen LogP contribution in [0.5, 0.6) is 11.5 Å². The predicted octanol–water partition coefficient (Wildman–Crippen LogP) is 8.67. The van der Waals surface area contributed by atoms with Crippen LogP contribution in [0.15, 0.2) is 36.4 Å². The largest absolute Gasteiger partial charge is 0.504 e. The zero-order chi connectivity index (χ0) is 31.9. The summed E-state index contributed by atoms with van der Waals surface area (Å²) in [7, 11) is 0. The van der Waals surface area contributed by atoms with Crippen LogP contribution >= 0.6 is 0 Å². The van der Waals surface area contributed by atoms with E-state index in [-0.39, 0.29) is 50.6 Å². The molecule has 242 valence electrons. The van der Waals surface area contributed by atoms with Gasteiger partial charge in [-0.3, -0.25) is 0 Å². The Morgan fingerprint density at radius 3 is 2.36 bits per heavy atom. The van der Waals surface area contributed by atoms with E-state index >= 15 is 0 Å². The molecule has 0 aromatic heterocycles. The van der Waals surface area contributed by atoms with Crippen molar-refractivity contribution < 1.29 is 24.9 Å². The molecule has 5 aliphatic rings. The first-order valence-corrected chi connectivity index (χ1v) is 17.3. The van der Waals surface area contributed by atoms with Gasteiger partial charge in [0.2, 0.25) is 0 Å². The van der Waals surface area contributed by atoms with Crippen molar-refractivity contribution >= 4 is 12.0 Å². The zero-order valence-corrected chi connectivity index (χ0v) is 28.0. The average Bonchev–Trinajstić information content (AvgIpc) is 3.35. The van der Waals surface area contributed by atoms with Crippen LogP contribution in [-0.4, -0.2) is 34.0 Å². The second-order valence-electron chi connectivity index (χ2n) is 17.1. The number of phenolic OH excluding ortho intramolecular Hbond substituents is 2. The summed E-state index contributed by atoms with van der Waals surface area (Å²) in [6.07, 6.45) is 14.3. The Balaban J connectivity index is 1.26. The zero-order valence-electron chi connectivity index (χ0n) is 28.0. The number of benzene rings is 1. The molecule has 0 saturated heterocycles. The normalized spacial score (nSPS) is 44.2.